The summed E-state index contributed by atoms with van der Waals surface area (Å²) in [5.41, 5.74) is 4.23. The highest BCUT2D eigenvalue weighted by Crippen LogP contribution is 2.45. The van der Waals surface area contributed by atoms with Gasteiger partial charge in [0.15, 0.2) is 23.0 Å². The largest absolute Gasteiger partial charge is 0.504 e. The highest BCUT2D eigenvalue weighted by Gasteiger charge is 2.34. The standard InChI is InChI=1S/C24H20FNO6S/c25-17-2-1-3-18(10-17)33(28,29)32-22-7-14-4-5-26-12-16-9-24-23(30-13-31-24)8-15(16)6-20(26)19(14)11-21(22)27/h1-3,7-11,20,27H,4-6,12-13H2. The van der Waals surface area contributed by atoms with E-state index in [9.17, 15) is 17.9 Å². The Labute approximate surface area is 190 Å². The average molecular weight is 469 g/mol. The minimum absolute atomic E-state index is 0.0430. The van der Waals surface area contributed by atoms with Crippen molar-refractivity contribution in [3.8, 4) is 23.0 Å². The number of benzene rings is 3. The minimum Gasteiger partial charge on any atom is -0.504 e. The summed E-state index contributed by atoms with van der Waals surface area (Å²) in [6, 6.07) is 11.8. The smallest absolute Gasteiger partial charge is 0.339 e. The molecule has 33 heavy (non-hydrogen) atoms. The van der Waals surface area contributed by atoms with Gasteiger partial charge in [0.25, 0.3) is 0 Å². The third kappa shape index (κ3) is 3.48. The third-order valence-corrected chi connectivity index (χ3v) is 7.68. The fourth-order valence-corrected chi connectivity index (χ4v) is 5.81. The van der Waals surface area contributed by atoms with Crippen molar-refractivity contribution in [3.63, 3.8) is 0 Å². The van der Waals surface area contributed by atoms with Crippen molar-refractivity contribution in [1.29, 1.82) is 0 Å². The van der Waals surface area contributed by atoms with Crippen LogP contribution in [-0.2, 0) is 29.5 Å². The maximum atomic E-state index is 13.5. The van der Waals surface area contributed by atoms with E-state index in [4.69, 9.17) is 13.7 Å². The van der Waals surface area contributed by atoms with Crippen molar-refractivity contribution >= 4 is 10.1 Å². The van der Waals surface area contributed by atoms with Gasteiger partial charge in [-0.1, -0.05) is 6.07 Å². The van der Waals surface area contributed by atoms with E-state index in [-0.39, 0.29) is 29.2 Å². The normalized spacial score (nSPS) is 18.9. The molecule has 0 aliphatic carbocycles. The molecule has 9 heteroatoms. The van der Waals surface area contributed by atoms with E-state index in [1.54, 1.807) is 12.1 Å². The molecule has 6 rings (SSSR count). The summed E-state index contributed by atoms with van der Waals surface area (Å²) in [5, 5.41) is 10.6. The Bertz CT molecular complexity index is 1390. The Morgan fingerprint density at radius 1 is 1.03 bits per heavy atom. The molecule has 0 radical (unpaired) electrons. The molecule has 1 atom stereocenters. The molecule has 0 saturated heterocycles. The van der Waals surface area contributed by atoms with Crippen LogP contribution in [0.4, 0.5) is 4.39 Å². The first-order valence-corrected chi connectivity index (χ1v) is 12.0. The molecular weight excluding hydrogens is 449 g/mol. The summed E-state index contributed by atoms with van der Waals surface area (Å²) in [6.07, 6.45) is 1.42. The lowest BCUT2D eigenvalue weighted by molar-refractivity contribution is 0.160. The first-order chi connectivity index (χ1) is 15.9. The van der Waals surface area contributed by atoms with Crippen molar-refractivity contribution in [1.82, 2.24) is 4.90 Å². The second-order valence-electron chi connectivity index (χ2n) is 8.43. The summed E-state index contributed by atoms with van der Waals surface area (Å²) >= 11 is 0. The number of phenolic OH excluding ortho intramolecular Hbond substituents is 1. The molecule has 3 aliphatic rings. The molecule has 170 valence electrons. The van der Waals surface area contributed by atoms with Gasteiger partial charge in [0, 0.05) is 19.1 Å². The zero-order valence-corrected chi connectivity index (χ0v) is 18.3. The van der Waals surface area contributed by atoms with Gasteiger partial charge in [0.1, 0.15) is 10.7 Å². The fraction of sp³-hybridized carbons (Fsp3) is 0.250. The predicted molar refractivity (Wildman–Crippen MR) is 115 cm³/mol. The van der Waals surface area contributed by atoms with Gasteiger partial charge in [-0.2, -0.15) is 8.42 Å². The van der Waals surface area contributed by atoms with Crippen LogP contribution in [0.1, 0.15) is 28.3 Å². The summed E-state index contributed by atoms with van der Waals surface area (Å²) in [5.74, 6) is 0.392. The topological polar surface area (TPSA) is 85.3 Å². The van der Waals surface area contributed by atoms with E-state index in [2.05, 4.69) is 4.90 Å². The van der Waals surface area contributed by atoms with Gasteiger partial charge in [0.05, 0.1) is 0 Å². The summed E-state index contributed by atoms with van der Waals surface area (Å²) in [4.78, 5) is 2.03. The van der Waals surface area contributed by atoms with Crippen LogP contribution in [0.3, 0.4) is 0 Å². The quantitative estimate of drug-likeness (QED) is 0.586. The van der Waals surface area contributed by atoms with Gasteiger partial charge >= 0.3 is 10.1 Å². The van der Waals surface area contributed by atoms with Gasteiger partial charge < -0.3 is 18.8 Å². The minimum atomic E-state index is -4.29. The fourth-order valence-electron chi connectivity index (χ4n) is 4.84. The molecule has 1 unspecified atom stereocenters. The Kier molecular flexibility index (Phi) is 4.53. The molecule has 0 spiro atoms. The lowest BCUT2D eigenvalue weighted by atomic mass is 9.83. The summed E-state index contributed by atoms with van der Waals surface area (Å²) < 4.78 is 54.9. The van der Waals surface area contributed by atoms with Crippen LogP contribution >= 0.6 is 0 Å². The number of hydrogen-bond acceptors (Lipinski definition) is 7. The van der Waals surface area contributed by atoms with Gasteiger partial charge in [-0.25, -0.2) is 4.39 Å². The van der Waals surface area contributed by atoms with E-state index in [0.29, 0.717) is 6.42 Å². The van der Waals surface area contributed by atoms with Gasteiger partial charge in [-0.3, -0.25) is 4.90 Å². The number of aromatic hydroxyl groups is 1. The second kappa shape index (κ2) is 7.36. The maximum Gasteiger partial charge on any atom is 0.339 e. The highest BCUT2D eigenvalue weighted by atomic mass is 32.2. The van der Waals surface area contributed by atoms with E-state index in [1.807, 2.05) is 12.1 Å². The SMILES string of the molecule is O=S(=O)(Oc1cc2c(cc1O)C1Cc3cc4c(cc3CN1CC2)OCO4)c1cccc(F)c1. The molecule has 0 bridgehead atoms. The third-order valence-electron chi connectivity index (χ3n) is 6.45. The average Bonchev–Trinajstić information content (AvgIpc) is 3.24. The number of ether oxygens (including phenoxy) is 2. The van der Waals surface area contributed by atoms with Gasteiger partial charge in [0.2, 0.25) is 6.79 Å². The second-order valence-corrected chi connectivity index (χ2v) is 9.97. The zero-order chi connectivity index (χ0) is 22.7. The first kappa shape index (κ1) is 20.3. The lowest BCUT2D eigenvalue weighted by Crippen LogP contribution is -2.39. The summed E-state index contributed by atoms with van der Waals surface area (Å²) in [7, 11) is -4.29. The molecular formula is C24H20FNO6S. The molecule has 0 saturated carbocycles. The van der Waals surface area contributed by atoms with Crippen LogP contribution in [0, 0.1) is 5.82 Å². The molecule has 0 aromatic heterocycles. The maximum absolute atomic E-state index is 13.5. The molecule has 3 aromatic rings. The van der Waals surface area contributed by atoms with Crippen LogP contribution in [0.5, 0.6) is 23.0 Å². The van der Waals surface area contributed by atoms with Crippen molar-refractivity contribution in [2.75, 3.05) is 13.3 Å². The molecule has 1 N–H and O–H groups in total. The van der Waals surface area contributed by atoms with Crippen LogP contribution in [0.15, 0.2) is 53.4 Å². The molecule has 3 heterocycles. The summed E-state index contributed by atoms with van der Waals surface area (Å²) in [6.45, 7) is 1.76. The number of phenols is 1. The van der Waals surface area contributed by atoms with E-state index < -0.39 is 15.9 Å². The van der Waals surface area contributed by atoms with Crippen LogP contribution < -0.4 is 13.7 Å². The Morgan fingerprint density at radius 2 is 1.82 bits per heavy atom. The number of hydrogen-bond donors (Lipinski definition) is 1. The zero-order valence-electron chi connectivity index (χ0n) is 17.5. The molecule has 3 aliphatic heterocycles. The van der Waals surface area contributed by atoms with Crippen LogP contribution in [0.2, 0.25) is 0 Å². The van der Waals surface area contributed by atoms with Gasteiger partial charge in [-0.05, 0) is 77.6 Å². The highest BCUT2D eigenvalue weighted by molar-refractivity contribution is 7.87. The number of fused-ring (bicyclic) bond motifs is 5. The predicted octanol–water partition coefficient (Wildman–Crippen LogP) is 3.68. The van der Waals surface area contributed by atoms with Crippen molar-refractivity contribution in [3.05, 3.63) is 76.6 Å². The van der Waals surface area contributed by atoms with Crippen LogP contribution in [0.25, 0.3) is 0 Å². The monoisotopic (exact) mass is 469 g/mol. The van der Waals surface area contributed by atoms with Crippen molar-refractivity contribution in [2.45, 2.75) is 30.3 Å². The molecule has 3 aromatic carbocycles. The Hall–Kier alpha value is -3.30. The number of nitrogens with zero attached hydrogens (tertiary/aromatic N) is 1. The van der Waals surface area contributed by atoms with E-state index in [0.717, 1.165) is 54.3 Å². The number of halogens is 1. The van der Waals surface area contributed by atoms with E-state index >= 15 is 0 Å². The molecule has 0 amide bonds. The van der Waals surface area contributed by atoms with Crippen molar-refractivity contribution < 1.29 is 31.6 Å². The van der Waals surface area contributed by atoms with Crippen LogP contribution in [-0.4, -0.2) is 31.8 Å². The lowest BCUT2D eigenvalue weighted by Gasteiger charge is -2.41. The Morgan fingerprint density at radius 3 is 2.61 bits per heavy atom. The van der Waals surface area contributed by atoms with E-state index in [1.165, 1.54) is 23.3 Å². The Balaban J connectivity index is 1.32. The first-order valence-electron chi connectivity index (χ1n) is 10.6. The number of rotatable bonds is 3. The van der Waals surface area contributed by atoms with Gasteiger partial charge in [-0.15, -0.1) is 0 Å². The molecule has 0 fully saturated rings. The molecule has 7 nitrogen and oxygen atoms in total. The van der Waals surface area contributed by atoms with Crippen molar-refractivity contribution in [2.24, 2.45) is 0 Å².